The van der Waals surface area contributed by atoms with E-state index < -0.39 is 0 Å². The zero-order chi connectivity index (χ0) is 10.6. The predicted molar refractivity (Wildman–Crippen MR) is 58.7 cm³/mol. The molecule has 1 fully saturated rings. The molecule has 82 valence electrons. The average molecular weight is 206 g/mol. The van der Waals surface area contributed by atoms with Gasteiger partial charge >= 0.3 is 0 Å². The third-order valence-electron chi connectivity index (χ3n) is 3.56. The van der Waals surface area contributed by atoms with Crippen molar-refractivity contribution in [3.05, 3.63) is 23.6 Å². The second kappa shape index (κ2) is 2.79. The molecular formula is C12H18N2O. The Morgan fingerprint density at radius 2 is 2.20 bits per heavy atom. The molecule has 3 atom stereocenters. The van der Waals surface area contributed by atoms with Crippen molar-refractivity contribution in [1.82, 2.24) is 10.9 Å². The van der Waals surface area contributed by atoms with E-state index in [9.17, 15) is 0 Å². The molecule has 3 rings (SSSR count). The molecule has 0 aromatic rings. The smallest absolute Gasteiger partial charge is 0.140 e. The summed E-state index contributed by atoms with van der Waals surface area (Å²) in [7, 11) is 0. The Balaban J connectivity index is 1.95. The van der Waals surface area contributed by atoms with E-state index >= 15 is 0 Å². The molecule has 0 radical (unpaired) electrons. The number of nitrogens with one attached hydrogen (secondary N) is 2. The summed E-state index contributed by atoms with van der Waals surface area (Å²) < 4.78 is 5.74. The van der Waals surface area contributed by atoms with Crippen LogP contribution >= 0.6 is 0 Å². The van der Waals surface area contributed by atoms with Gasteiger partial charge in [-0.05, 0) is 24.0 Å². The molecule has 0 aromatic heterocycles. The van der Waals surface area contributed by atoms with Gasteiger partial charge in [0.05, 0.1) is 5.70 Å². The van der Waals surface area contributed by atoms with E-state index in [4.69, 9.17) is 4.74 Å². The van der Waals surface area contributed by atoms with Crippen LogP contribution < -0.4 is 10.9 Å². The molecule has 3 aliphatic heterocycles. The van der Waals surface area contributed by atoms with Crippen molar-refractivity contribution in [2.24, 2.45) is 11.3 Å². The molecule has 2 bridgehead atoms. The summed E-state index contributed by atoms with van der Waals surface area (Å²) in [5.41, 5.74) is 8.22. The van der Waals surface area contributed by atoms with Gasteiger partial charge in [0.15, 0.2) is 0 Å². The molecule has 3 heteroatoms. The predicted octanol–water partition coefficient (Wildman–Crippen LogP) is 1.70. The summed E-state index contributed by atoms with van der Waals surface area (Å²) in [5.74, 6) is 1.62. The first kappa shape index (κ1) is 9.28. The summed E-state index contributed by atoms with van der Waals surface area (Å²) in [4.78, 5) is 0. The zero-order valence-electron chi connectivity index (χ0n) is 9.50. The largest absolute Gasteiger partial charge is 0.484 e. The highest BCUT2D eigenvalue weighted by Crippen LogP contribution is 2.42. The Hall–Kier alpha value is -0.960. The van der Waals surface area contributed by atoms with Gasteiger partial charge in [0.1, 0.15) is 11.9 Å². The normalized spacial score (nSPS) is 37.7. The molecule has 1 saturated heterocycles. The lowest BCUT2D eigenvalue weighted by atomic mass is 9.77. The highest BCUT2D eigenvalue weighted by molar-refractivity contribution is 5.33. The van der Waals surface area contributed by atoms with Gasteiger partial charge in [0.2, 0.25) is 0 Å². The SMILES string of the molecule is CC(C)(C)C1NNC2=C3C=CC(CC21)O3. The summed E-state index contributed by atoms with van der Waals surface area (Å²) >= 11 is 0. The van der Waals surface area contributed by atoms with Crippen LogP contribution in [0.3, 0.4) is 0 Å². The molecule has 2 N–H and O–H groups in total. The topological polar surface area (TPSA) is 33.3 Å². The number of rotatable bonds is 0. The molecular weight excluding hydrogens is 188 g/mol. The summed E-state index contributed by atoms with van der Waals surface area (Å²) in [6, 6.07) is 0.494. The summed E-state index contributed by atoms with van der Waals surface area (Å²) in [6.07, 6.45) is 5.67. The minimum absolute atomic E-state index is 0.275. The molecule has 3 unspecified atom stereocenters. The molecule has 0 saturated carbocycles. The summed E-state index contributed by atoms with van der Waals surface area (Å²) in [5, 5.41) is 0. The van der Waals surface area contributed by atoms with Gasteiger partial charge in [-0.2, -0.15) is 0 Å². The van der Waals surface area contributed by atoms with E-state index in [0.717, 1.165) is 12.2 Å². The lowest BCUT2D eigenvalue weighted by Gasteiger charge is -2.33. The van der Waals surface area contributed by atoms with Crippen molar-refractivity contribution in [3.63, 3.8) is 0 Å². The number of ether oxygens (including phenoxy) is 1. The van der Waals surface area contributed by atoms with E-state index in [-0.39, 0.29) is 5.41 Å². The molecule has 0 aromatic carbocycles. The maximum atomic E-state index is 5.74. The van der Waals surface area contributed by atoms with Crippen LogP contribution in [0.1, 0.15) is 27.2 Å². The number of hydrogen-bond acceptors (Lipinski definition) is 3. The highest BCUT2D eigenvalue weighted by atomic mass is 16.5. The lowest BCUT2D eigenvalue weighted by Crippen LogP contribution is -2.42. The fraction of sp³-hybridized carbons (Fsp3) is 0.667. The van der Waals surface area contributed by atoms with Gasteiger partial charge in [0.25, 0.3) is 0 Å². The first-order valence-electron chi connectivity index (χ1n) is 5.66. The maximum absolute atomic E-state index is 5.74. The highest BCUT2D eigenvalue weighted by Gasteiger charge is 2.45. The zero-order valence-corrected chi connectivity index (χ0v) is 9.50. The second-order valence-corrected chi connectivity index (χ2v) is 5.75. The second-order valence-electron chi connectivity index (χ2n) is 5.75. The van der Waals surface area contributed by atoms with Gasteiger partial charge in [-0.25, -0.2) is 5.43 Å². The standard InChI is InChI=1S/C12H18N2O/c1-12(2,3)11-8-6-7-4-5-9(15-7)10(8)13-14-11/h4-5,7-8,11,13-14H,6H2,1-3H3. The fourth-order valence-electron chi connectivity index (χ4n) is 2.80. The molecule has 0 amide bonds. The van der Waals surface area contributed by atoms with Crippen LogP contribution in [0.15, 0.2) is 23.6 Å². The molecule has 15 heavy (non-hydrogen) atoms. The van der Waals surface area contributed by atoms with Crippen molar-refractivity contribution in [1.29, 1.82) is 0 Å². The monoisotopic (exact) mass is 206 g/mol. The molecule has 3 aliphatic rings. The van der Waals surface area contributed by atoms with E-state index in [1.54, 1.807) is 0 Å². The minimum Gasteiger partial charge on any atom is -0.484 e. The van der Waals surface area contributed by atoms with Crippen molar-refractivity contribution in [3.8, 4) is 0 Å². The van der Waals surface area contributed by atoms with Gasteiger partial charge in [-0.1, -0.05) is 20.8 Å². The van der Waals surface area contributed by atoms with Gasteiger partial charge in [-0.3, -0.25) is 0 Å². The number of fused-ring (bicyclic) bond motifs is 3. The third kappa shape index (κ3) is 1.29. The first-order chi connectivity index (χ1) is 7.05. The fourth-order valence-corrected chi connectivity index (χ4v) is 2.80. The Kier molecular flexibility index (Phi) is 1.72. The Morgan fingerprint density at radius 1 is 1.40 bits per heavy atom. The Morgan fingerprint density at radius 3 is 2.93 bits per heavy atom. The number of hydrogen-bond donors (Lipinski definition) is 2. The molecule has 0 spiro atoms. The van der Waals surface area contributed by atoms with Crippen LogP contribution in [0.2, 0.25) is 0 Å². The molecule has 3 heterocycles. The van der Waals surface area contributed by atoms with Gasteiger partial charge in [0, 0.05) is 12.0 Å². The minimum atomic E-state index is 0.275. The van der Waals surface area contributed by atoms with E-state index in [0.29, 0.717) is 18.1 Å². The van der Waals surface area contributed by atoms with Crippen molar-refractivity contribution in [2.45, 2.75) is 39.3 Å². The van der Waals surface area contributed by atoms with E-state index in [1.807, 2.05) is 0 Å². The van der Waals surface area contributed by atoms with Crippen molar-refractivity contribution >= 4 is 0 Å². The lowest BCUT2D eigenvalue weighted by molar-refractivity contribution is 0.116. The van der Waals surface area contributed by atoms with Gasteiger partial charge < -0.3 is 10.2 Å². The van der Waals surface area contributed by atoms with Crippen molar-refractivity contribution < 1.29 is 4.74 Å². The summed E-state index contributed by atoms with van der Waals surface area (Å²) in [6.45, 7) is 6.85. The van der Waals surface area contributed by atoms with Crippen LogP contribution in [0.5, 0.6) is 0 Å². The van der Waals surface area contributed by atoms with Crippen LogP contribution in [0.4, 0.5) is 0 Å². The van der Waals surface area contributed by atoms with E-state index in [2.05, 4.69) is 43.8 Å². The number of hydrazine groups is 1. The average Bonchev–Trinajstić information content (AvgIpc) is 2.70. The van der Waals surface area contributed by atoms with Crippen molar-refractivity contribution in [2.75, 3.05) is 0 Å². The van der Waals surface area contributed by atoms with E-state index in [1.165, 1.54) is 5.70 Å². The molecule has 0 aliphatic carbocycles. The molecule has 3 nitrogen and oxygen atoms in total. The quantitative estimate of drug-likeness (QED) is 0.633. The maximum Gasteiger partial charge on any atom is 0.140 e. The Labute approximate surface area is 90.5 Å². The van der Waals surface area contributed by atoms with Crippen LogP contribution in [-0.2, 0) is 4.74 Å². The van der Waals surface area contributed by atoms with Crippen LogP contribution in [-0.4, -0.2) is 12.1 Å². The third-order valence-corrected chi connectivity index (χ3v) is 3.56. The Bertz CT molecular complexity index is 351. The van der Waals surface area contributed by atoms with Crippen LogP contribution in [0.25, 0.3) is 0 Å². The van der Waals surface area contributed by atoms with Gasteiger partial charge in [-0.15, -0.1) is 0 Å². The first-order valence-corrected chi connectivity index (χ1v) is 5.66. The number of allylic oxidation sites excluding steroid dienone is 1. The van der Waals surface area contributed by atoms with Crippen LogP contribution in [0, 0.1) is 11.3 Å².